The Kier molecular flexibility index (Phi) is 6.74. The van der Waals surface area contributed by atoms with Crippen LogP contribution in [0.15, 0.2) is 18.6 Å². The number of aryl methyl sites for hydroxylation is 1. The van der Waals surface area contributed by atoms with Crippen LogP contribution in [-0.2, 0) is 6.42 Å². The number of rotatable bonds is 8. The summed E-state index contributed by atoms with van der Waals surface area (Å²) in [5, 5.41) is 3.59. The lowest BCUT2D eigenvalue weighted by atomic mass is 10.0. The van der Waals surface area contributed by atoms with E-state index in [4.69, 9.17) is 0 Å². The highest BCUT2D eigenvalue weighted by atomic mass is 14.9. The lowest BCUT2D eigenvalue weighted by molar-refractivity contribution is 0.447. The molecule has 0 saturated heterocycles. The predicted molar refractivity (Wildman–Crippen MR) is 67.3 cm³/mol. The Bertz CT molecular complexity index is 261. The molecule has 1 unspecified atom stereocenters. The summed E-state index contributed by atoms with van der Waals surface area (Å²) < 4.78 is 0. The minimum atomic E-state index is 0.631. The Hall–Kier alpha value is -0.960. The maximum Gasteiger partial charge on any atom is 0.0587 e. The summed E-state index contributed by atoms with van der Waals surface area (Å²) in [6.45, 7) is 5.56. The molecule has 3 heteroatoms. The topological polar surface area (TPSA) is 37.8 Å². The van der Waals surface area contributed by atoms with Crippen molar-refractivity contribution < 1.29 is 0 Å². The molecule has 0 aromatic carbocycles. The van der Waals surface area contributed by atoms with Gasteiger partial charge in [-0.25, -0.2) is 0 Å². The van der Waals surface area contributed by atoms with Crippen LogP contribution >= 0.6 is 0 Å². The smallest absolute Gasteiger partial charge is 0.0587 e. The van der Waals surface area contributed by atoms with Gasteiger partial charge in [-0.05, 0) is 32.2 Å². The van der Waals surface area contributed by atoms with Crippen LogP contribution < -0.4 is 5.32 Å². The zero-order valence-electron chi connectivity index (χ0n) is 10.4. The molecule has 1 N–H and O–H groups in total. The Morgan fingerprint density at radius 2 is 2.06 bits per heavy atom. The first-order valence-corrected chi connectivity index (χ1v) is 6.35. The summed E-state index contributed by atoms with van der Waals surface area (Å²) >= 11 is 0. The van der Waals surface area contributed by atoms with E-state index >= 15 is 0 Å². The molecule has 16 heavy (non-hydrogen) atoms. The quantitative estimate of drug-likeness (QED) is 0.733. The molecule has 1 atom stereocenters. The monoisotopic (exact) mass is 221 g/mol. The summed E-state index contributed by atoms with van der Waals surface area (Å²) in [4.78, 5) is 8.39. The number of nitrogens with one attached hydrogen (secondary N) is 1. The first kappa shape index (κ1) is 13.1. The molecule has 0 fully saturated rings. The average Bonchev–Trinajstić information content (AvgIpc) is 2.34. The highest BCUT2D eigenvalue weighted by Gasteiger charge is 2.06. The van der Waals surface area contributed by atoms with Gasteiger partial charge in [-0.1, -0.05) is 20.3 Å². The summed E-state index contributed by atoms with van der Waals surface area (Å²) in [5.41, 5.74) is 1.10. The molecule has 0 radical (unpaired) electrons. The maximum absolute atomic E-state index is 4.30. The van der Waals surface area contributed by atoms with Crippen LogP contribution in [0.2, 0.25) is 0 Å². The predicted octanol–water partition coefficient (Wildman–Crippen LogP) is 2.58. The van der Waals surface area contributed by atoms with Crippen molar-refractivity contribution in [2.24, 2.45) is 0 Å². The lowest BCUT2D eigenvalue weighted by Gasteiger charge is -2.17. The molecule has 0 aliphatic heterocycles. The Morgan fingerprint density at radius 3 is 2.69 bits per heavy atom. The second-order valence-corrected chi connectivity index (χ2v) is 4.18. The van der Waals surface area contributed by atoms with Crippen LogP contribution in [-0.4, -0.2) is 22.6 Å². The van der Waals surface area contributed by atoms with E-state index in [0.29, 0.717) is 6.04 Å². The van der Waals surface area contributed by atoms with Crippen LogP contribution in [0.1, 0.15) is 45.2 Å². The molecular weight excluding hydrogens is 198 g/mol. The second kappa shape index (κ2) is 8.22. The Labute approximate surface area is 98.7 Å². The number of aromatic nitrogens is 2. The SMILES string of the molecule is CCCNC(CCC)CCc1cnccn1. The molecule has 1 heterocycles. The standard InChI is InChI=1S/C13H23N3/c1-3-5-12(15-8-4-2)6-7-13-11-14-9-10-16-13/h9-12,15H,3-8H2,1-2H3. The van der Waals surface area contributed by atoms with E-state index in [0.717, 1.165) is 25.1 Å². The van der Waals surface area contributed by atoms with Gasteiger partial charge in [-0.3, -0.25) is 9.97 Å². The molecular formula is C13H23N3. The Balaban J connectivity index is 2.31. The molecule has 0 aliphatic carbocycles. The van der Waals surface area contributed by atoms with Crippen molar-refractivity contribution in [2.75, 3.05) is 6.54 Å². The summed E-state index contributed by atoms with van der Waals surface area (Å²) in [6.07, 6.45) is 11.2. The number of nitrogens with zero attached hydrogens (tertiary/aromatic N) is 2. The van der Waals surface area contributed by atoms with E-state index in [1.165, 1.54) is 19.3 Å². The third-order valence-corrected chi connectivity index (χ3v) is 2.69. The fourth-order valence-electron chi connectivity index (χ4n) is 1.83. The van der Waals surface area contributed by atoms with E-state index in [2.05, 4.69) is 29.1 Å². The molecule has 1 aromatic heterocycles. The van der Waals surface area contributed by atoms with Gasteiger partial charge in [-0.2, -0.15) is 0 Å². The van der Waals surface area contributed by atoms with Crippen molar-refractivity contribution in [1.82, 2.24) is 15.3 Å². The zero-order chi connectivity index (χ0) is 11.6. The lowest BCUT2D eigenvalue weighted by Crippen LogP contribution is -2.30. The van der Waals surface area contributed by atoms with Crippen LogP contribution in [0.3, 0.4) is 0 Å². The maximum atomic E-state index is 4.30. The van der Waals surface area contributed by atoms with Crippen molar-refractivity contribution in [3.05, 3.63) is 24.3 Å². The van der Waals surface area contributed by atoms with E-state index in [9.17, 15) is 0 Å². The van der Waals surface area contributed by atoms with Gasteiger partial charge in [0.25, 0.3) is 0 Å². The van der Waals surface area contributed by atoms with Crippen LogP contribution in [0.4, 0.5) is 0 Å². The van der Waals surface area contributed by atoms with E-state index in [1.807, 2.05) is 6.20 Å². The summed E-state index contributed by atoms with van der Waals surface area (Å²) in [6, 6.07) is 0.631. The van der Waals surface area contributed by atoms with Crippen molar-refractivity contribution >= 4 is 0 Å². The highest BCUT2D eigenvalue weighted by molar-refractivity contribution is 4.95. The van der Waals surface area contributed by atoms with E-state index in [1.54, 1.807) is 12.4 Å². The molecule has 0 aliphatic rings. The van der Waals surface area contributed by atoms with Crippen molar-refractivity contribution in [2.45, 2.75) is 52.0 Å². The zero-order valence-corrected chi connectivity index (χ0v) is 10.4. The molecule has 0 spiro atoms. The molecule has 0 saturated carbocycles. The van der Waals surface area contributed by atoms with Gasteiger partial charge in [0, 0.05) is 24.6 Å². The summed E-state index contributed by atoms with van der Waals surface area (Å²) in [7, 11) is 0. The summed E-state index contributed by atoms with van der Waals surface area (Å²) in [5.74, 6) is 0. The fourth-order valence-corrected chi connectivity index (χ4v) is 1.83. The average molecular weight is 221 g/mol. The highest BCUT2D eigenvalue weighted by Crippen LogP contribution is 2.06. The first-order chi connectivity index (χ1) is 7.86. The fraction of sp³-hybridized carbons (Fsp3) is 0.692. The van der Waals surface area contributed by atoms with Gasteiger partial charge in [0.15, 0.2) is 0 Å². The largest absolute Gasteiger partial charge is 0.314 e. The van der Waals surface area contributed by atoms with Crippen molar-refractivity contribution in [1.29, 1.82) is 0 Å². The minimum absolute atomic E-state index is 0.631. The number of hydrogen-bond acceptors (Lipinski definition) is 3. The van der Waals surface area contributed by atoms with Gasteiger partial charge in [0.2, 0.25) is 0 Å². The molecule has 1 rings (SSSR count). The normalized spacial score (nSPS) is 12.6. The van der Waals surface area contributed by atoms with Crippen molar-refractivity contribution in [3.63, 3.8) is 0 Å². The van der Waals surface area contributed by atoms with Gasteiger partial charge < -0.3 is 5.32 Å². The van der Waals surface area contributed by atoms with Crippen LogP contribution in [0.25, 0.3) is 0 Å². The first-order valence-electron chi connectivity index (χ1n) is 6.35. The molecule has 0 amide bonds. The third-order valence-electron chi connectivity index (χ3n) is 2.69. The van der Waals surface area contributed by atoms with Gasteiger partial charge in [-0.15, -0.1) is 0 Å². The Morgan fingerprint density at radius 1 is 1.19 bits per heavy atom. The van der Waals surface area contributed by atoms with Crippen molar-refractivity contribution in [3.8, 4) is 0 Å². The number of hydrogen-bond donors (Lipinski definition) is 1. The van der Waals surface area contributed by atoms with Gasteiger partial charge in [0.1, 0.15) is 0 Å². The molecule has 1 aromatic rings. The molecule has 0 bridgehead atoms. The van der Waals surface area contributed by atoms with Gasteiger partial charge >= 0.3 is 0 Å². The van der Waals surface area contributed by atoms with Crippen LogP contribution in [0.5, 0.6) is 0 Å². The molecule has 3 nitrogen and oxygen atoms in total. The van der Waals surface area contributed by atoms with E-state index in [-0.39, 0.29) is 0 Å². The second-order valence-electron chi connectivity index (χ2n) is 4.18. The minimum Gasteiger partial charge on any atom is -0.314 e. The van der Waals surface area contributed by atoms with Gasteiger partial charge in [0.05, 0.1) is 5.69 Å². The van der Waals surface area contributed by atoms with Crippen LogP contribution in [0, 0.1) is 0 Å². The third kappa shape index (κ3) is 5.21. The van der Waals surface area contributed by atoms with E-state index < -0.39 is 0 Å². The molecule has 90 valence electrons.